The Morgan fingerprint density at radius 2 is 1.95 bits per heavy atom. The van der Waals surface area contributed by atoms with Crippen LogP contribution < -0.4 is 10.6 Å². The Kier molecular flexibility index (Phi) is 8.96. The molecule has 0 aliphatic carbocycles. The summed E-state index contributed by atoms with van der Waals surface area (Å²) in [5.41, 5.74) is 1.19. The number of carboxylic acid groups (broad SMARTS) is 1. The number of carbonyl (C=O) groups is 2. The molecule has 7 heteroatoms. The Labute approximate surface area is 134 Å². The minimum atomic E-state index is -0.935. The molecule has 1 aromatic carbocycles. The minimum absolute atomic E-state index is 0.0459. The van der Waals surface area contributed by atoms with Crippen molar-refractivity contribution in [3.63, 3.8) is 0 Å². The van der Waals surface area contributed by atoms with Crippen LogP contribution in [0.15, 0.2) is 30.3 Å². The van der Waals surface area contributed by atoms with E-state index < -0.39 is 12.0 Å². The Morgan fingerprint density at radius 1 is 1.24 bits per heavy atom. The first-order valence-electron chi connectivity index (χ1n) is 6.59. The lowest BCUT2D eigenvalue weighted by molar-refractivity contribution is -0.138. The summed E-state index contributed by atoms with van der Waals surface area (Å²) in [6.45, 7) is 0.814. The molecule has 0 aliphatic heterocycles. The molecule has 0 spiro atoms. The van der Waals surface area contributed by atoms with Crippen LogP contribution in [0, 0.1) is 0 Å². The molecule has 3 N–H and O–H groups in total. The number of carbonyl (C=O) groups excluding carboxylic acids is 1. The minimum Gasteiger partial charge on any atom is -0.480 e. The number of aliphatic carboxylic acids is 1. The predicted octanol–water partition coefficient (Wildman–Crippen LogP) is 1.01. The van der Waals surface area contributed by atoms with Crippen molar-refractivity contribution >= 4 is 36.3 Å². The van der Waals surface area contributed by atoms with Gasteiger partial charge in [-0.1, -0.05) is 30.3 Å². The second-order valence-electron chi connectivity index (χ2n) is 4.36. The van der Waals surface area contributed by atoms with Crippen LogP contribution in [-0.2, 0) is 15.3 Å². The Morgan fingerprint density at radius 3 is 2.57 bits per heavy atom. The molecule has 21 heavy (non-hydrogen) atoms. The molecule has 0 saturated heterocycles. The lowest BCUT2D eigenvalue weighted by Gasteiger charge is -2.12. The van der Waals surface area contributed by atoms with Crippen molar-refractivity contribution in [1.82, 2.24) is 10.6 Å². The van der Waals surface area contributed by atoms with Gasteiger partial charge in [0.15, 0.2) is 0 Å². The monoisotopic (exact) mass is 328 g/mol. The molecule has 0 unspecified atom stereocenters. The van der Waals surface area contributed by atoms with Crippen molar-refractivity contribution in [1.29, 1.82) is 0 Å². The second kappa shape index (κ2) is 10.5. The highest BCUT2D eigenvalue weighted by Crippen LogP contribution is 2.10. The van der Waals surface area contributed by atoms with Gasteiger partial charge in [-0.15, -0.1) is 11.8 Å². The first-order valence-corrected chi connectivity index (χ1v) is 8.37. The largest absolute Gasteiger partial charge is 0.480 e. The van der Waals surface area contributed by atoms with Crippen LogP contribution >= 0.6 is 24.4 Å². The van der Waals surface area contributed by atoms with Crippen molar-refractivity contribution in [2.45, 2.75) is 11.8 Å². The Balaban J connectivity index is 2.07. The van der Waals surface area contributed by atoms with Crippen molar-refractivity contribution < 1.29 is 14.7 Å². The molecule has 0 aromatic heterocycles. The highest BCUT2D eigenvalue weighted by Gasteiger charge is 2.13. The molecular weight excluding hydrogens is 308 g/mol. The average Bonchev–Trinajstić information content (AvgIpc) is 2.48. The summed E-state index contributed by atoms with van der Waals surface area (Å²) in [5.74, 6) is 0.429. The van der Waals surface area contributed by atoms with Crippen LogP contribution in [0.25, 0.3) is 0 Å². The fourth-order valence-corrected chi connectivity index (χ4v) is 2.67. The van der Waals surface area contributed by atoms with E-state index in [-0.39, 0.29) is 11.7 Å². The highest BCUT2D eigenvalue weighted by molar-refractivity contribution is 7.99. The lowest BCUT2D eigenvalue weighted by Crippen LogP contribution is -2.42. The SMILES string of the molecule is O=C(CSCc1ccccc1)NCCN[C@@H](CS)C(=O)O. The molecule has 1 aromatic rings. The summed E-state index contributed by atoms with van der Waals surface area (Å²) in [6, 6.07) is 9.28. The lowest BCUT2D eigenvalue weighted by atomic mass is 10.2. The molecule has 0 aliphatic rings. The molecule has 1 rings (SSSR count). The van der Waals surface area contributed by atoms with Gasteiger partial charge in [-0.05, 0) is 5.56 Å². The van der Waals surface area contributed by atoms with E-state index in [1.165, 1.54) is 5.56 Å². The fourth-order valence-electron chi connectivity index (χ4n) is 1.57. The van der Waals surface area contributed by atoms with Crippen LogP contribution in [0.5, 0.6) is 0 Å². The molecule has 1 amide bonds. The molecular formula is C14H20N2O3S2. The molecule has 0 heterocycles. The number of benzene rings is 1. The quantitative estimate of drug-likeness (QED) is 0.381. The summed E-state index contributed by atoms with van der Waals surface area (Å²) in [7, 11) is 0. The van der Waals surface area contributed by atoms with E-state index >= 15 is 0 Å². The Bertz CT molecular complexity index is 443. The smallest absolute Gasteiger partial charge is 0.321 e. The van der Waals surface area contributed by atoms with E-state index in [1.807, 2.05) is 30.3 Å². The Hall–Kier alpha value is -1.18. The summed E-state index contributed by atoms with van der Waals surface area (Å²) in [5, 5.41) is 14.4. The van der Waals surface area contributed by atoms with Gasteiger partial charge in [-0.25, -0.2) is 0 Å². The molecule has 0 fully saturated rings. The number of amides is 1. The molecule has 0 bridgehead atoms. The zero-order valence-corrected chi connectivity index (χ0v) is 13.3. The van der Waals surface area contributed by atoms with Crippen LogP contribution in [0.4, 0.5) is 0 Å². The maximum atomic E-state index is 11.6. The number of rotatable bonds is 10. The number of carboxylic acids is 1. The molecule has 0 radical (unpaired) electrons. The standard InChI is InChI=1S/C14H20N2O3S2/c17-13(10-21-9-11-4-2-1-3-5-11)16-7-6-15-12(8-20)14(18)19/h1-5,12,15,20H,6-10H2,(H,16,17)(H,18,19)/t12-/m0/s1. The summed E-state index contributed by atoms with van der Waals surface area (Å²) in [6.07, 6.45) is 0. The van der Waals surface area contributed by atoms with E-state index in [1.54, 1.807) is 11.8 Å². The zero-order chi connectivity index (χ0) is 15.5. The van der Waals surface area contributed by atoms with Crippen molar-refractivity contribution in [2.75, 3.05) is 24.6 Å². The van der Waals surface area contributed by atoms with Gasteiger partial charge in [0.1, 0.15) is 6.04 Å². The van der Waals surface area contributed by atoms with Gasteiger partial charge in [0.2, 0.25) is 5.91 Å². The van der Waals surface area contributed by atoms with Gasteiger partial charge in [-0.3, -0.25) is 9.59 Å². The van der Waals surface area contributed by atoms with Crippen molar-refractivity contribution in [3.05, 3.63) is 35.9 Å². The van der Waals surface area contributed by atoms with E-state index in [2.05, 4.69) is 23.3 Å². The van der Waals surface area contributed by atoms with Gasteiger partial charge < -0.3 is 15.7 Å². The number of hydrogen-bond donors (Lipinski definition) is 4. The van der Waals surface area contributed by atoms with Crippen molar-refractivity contribution in [3.8, 4) is 0 Å². The molecule has 0 saturated carbocycles. The number of hydrogen-bond acceptors (Lipinski definition) is 5. The summed E-state index contributed by atoms with van der Waals surface area (Å²) < 4.78 is 0. The van der Waals surface area contributed by atoms with Crippen LogP contribution in [-0.4, -0.2) is 47.6 Å². The number of thiol groups is 1. The van der Waals surface area contributed by atoms with E-state index in [9.17, 15) is 9.59 Å². The third kappa shape index (κ3) is 7.99. The highest BCUT2D eigenvalue weighted by atomic mass is 32.2. The first kappa shape index (κ1) is 17.9. The number of thioether (sulfide) groups is 1. The first-order chi connectivity index (χ1) is 10.1. The van der Waals surface area contributed by atoms with E-state index in [0.29, 0.717) is 18.8 Å². The van der Waals surface area contributed by atoms with Crippen molar-refractivity contribution in [2.24, 2.45) is 0 Å². The zero-order valence-electron chi connectivity index (χ0n) is 11.6. The maximum absolute atomic E-state index is 11.6. The van der Waals surface area contributed by atoms with E-state index in [4.69, 9.17) is 5.11 Å². The predicted molar refractivity (Wildman–Crippen MR) is 88.9 cm³/mol. The van der Waals surface area contributed by atoms with E-state index in [0.717, 1.165) is 5.75 Å². The maximum Gasteiger partial charge on any atom is 0.321 e. The normalized spacial score (nSPS) is 11.9. The average molecular weight is 328 g/mol. The van der Waals surface area contributed by atoms with Gasteiger partial charge in [0, 0.05) is 24.6 Å². The van der Waals surface area contributed by atoms with Gasteiger partial charge in [-0.2, -0.15) is 12.6 Å². The third-order valence-electron chi connectivity index (χ3n) is 2.66. The second-order valence-corrected chi connectivity index (χ2v) is 5.71. The third-order valence-corrected chi connectivity index (χ3v) is 4.03. The molecule has 1 atom stereocenters. The summed E-state index contributed by atoms with van der Waals surface area (Å²) in [4.78, 5) is 22.3. The topological polar surface area (TPSA) is 78.4 Å². The fraction of sp³-hybridized carbons (Fsp3) is 0.429. The van der Waals surface area contributed by atoms with Crippen LogP contribution in [0.3, 0.4) is 0 Å². The van der Waals surface area contributed by atoms with Gasteiger partial charge in [0.25, 0.3) is 0 Å². The molecule has 5 nitrogen and oxygen atoms in total. The summed E-state index contributed by atoms with van der Waals surface area (Å²) >= 11 is 5.49. The van der Waals surface area contributed by atoms with Gasteiger partial charge >= 0.3 is 5.97 Å². The molecule has 116 valence electrons. The van der Waals surface area contributed by atoms with Gasteiger partial charge in [0.05, 0.1) is 5.75 Å². The van der Waals surface area contributed by atoms with Crippen LogP contribution in [0.1, 0.15) is 5.56 Å². The van der Waals surface area contributed by atoms with Crippen LogP contribution in [0.2, 0.25) is 0 Å². The number of nitrogens with one attached hydrogen (secondary N) is 2.